The van der Waals surface area contributed by atoms with Gasteiger partial charge in [-0.05, 0) is 37.6 Å². The van der Waals surface area contributed by atoms with Crippen LogP contribution in [-0.4, -0.2) is 31.5 Å². The van der Waals surface area contributed by atoms with Gasteiger partial charge in [-0.2, -0.15) is 13.2 Å². The predicted molar refractivity (Wildman–Crippen MR) is 70.1 cm³/mol. The highest BCUT2D eigenvalue weighted by atomic mass is 19.4. The summed E-state index contributed by atoms with van der Waals surface area (Å²) >= 11 is 0. The summed E-state index contributed by atoms with van der Waals surface area (Å²) < 4.78 is 42.0. The number of nitrogens with one attached hydrogen (secondary N) is 1. The van der Waals surface area contributed by atoms with Gasteiger partial charge in [0.15, 0.2) is 0 Å². The zero-order valence-corrected chi connectivity index (χ0v) is 12.1. The molecule has 0 aromatic heterocycles. The molecule has 0 saturated heterocycles. The third kappa shape index (κ3) is 6.13. The molecule has 1 rings (SSSR count). The summed E-state index contributed by atoms with van der Waals surface area (Å²) in [5, 5.41) is 3.34. The highest BCUT2D eigenvalue weighted by Gasteiger charge is 2.33. The van der Waals surface area contributed by atoms with Gasteiger partial charge in [-0.1, -0.05) is 20.8 Å². The molecular weight excluding hydrogens is 255 g/mol. The van der Waals surface area contributed by atoms with Crippen LogP contribution in [0, 0.1) is 11.8 Å². The van der Waals surface area contributed by atoms with Gasteiger partial charge in [-0.25, -0.2) is 0 Å². The van der Waals surface area contributed by atoms with E-state index in [2.05, 4.69) is 19.2 Å². The lowest BCUT2D eigenvalue weighted by atomic mass is 9.78. The van der Waals surface area contributed by atoms with E-state index in [0.29, 0.717) is 11.8 Å². The van der Waals surface area contributed by atoms with Crippen LogP contribution in [0.2, 0.25) is 0 Å². The number of hydrogen-bond acceptors (Lipinski definition) is 2. The Bertz CT molecular complexity index is 256. The van der Waals surface area contributed by atoms with Gasteiger partial charge < -0.3 is 10.1 Å². The van der Waals surface area contributed by atoms with Gasteiger partial charge in [0.05, 0.1) is 19.1 Å². The molecule has 1 fully saturated rings. The van der Waals surface area contributed by atoms with Crippen molar-refractivity contribution < 1.29 is 17.9 Å². The zero-order valence-electron chi connectivity index (χ0n) is 12.1. The largest absolute Gasteiger partial charge is 0.391 e. The molecule has 0 radical (unpaired) electrons. The van der Waals surface area contributed by atoms with Crippen molar-refractivity contribution in [1.29, 1.82) is 0 Å². The van der Waals surface area contributed by atoms with Crippen molar-refractivity contribution in [3.63, 3.8) is 0 Å². The van der Waals surface area contributed by atoms with E-state index >= 15 is 0 Å². The molecule has 2 nitrogen and oxygen atoms in total. The Morgan fingerprint density at radius 3 is 2.47 bits per heavy atom. The normalized spacial score (nSPS) is 28.9. The van der Waals surface area contributed by atoms with E-state index in [9.17, 15) is 13.2 Å². The van der Waals surface area contributed by atoms with Gasteiger partial charge >= 0.3 is 6.18 Å². The molecule has 1 aliphatic carbocycles. The molecule has 3 unspecified atom stereocenters. The first kappa shape index (κ1) is 16.8. The SMILES string of the molecule is CCNC1CCC(C(C)C)CC1OCCC(F)(F)F. The average Bonchev–Trinajstić information content (AvgIpc) is 2.29. The highest BCUT2D eigenvalue weighted by molar-refractivity contribution is 4.86. The molecular formula is C14H26F3NO. The summed E-state index contributed by atoms with van der Waals surface area (Å²) in [6, 6.07) is 0.202. The van der Waals surface area contributed by atoms with E-state index in [1.165, 1.54) is 0 Å². The van der Waals surface area contributed by atoms with Gasteiger partial charge in [0.2, 0.25) is 0 Å². The molecule has 0 heterocycles. The summed E-state index contributed by atoms with van der Waals surface area (Å²) in [7, 11) is 0. The van der Waals surface area contributed by atoms with Crippen LogP contribution < -0.4 is 5.32 Å². The number of alkyl halides is 3. The molecule has 3 atom stereocenters. The first-order chi connectivity index (χ1) is 8.83. The Morgan fingerprint density at radius 2 is 1.95 bits per heavy atom. The Labute approximate surface area is 114 Å². The Balaban J connectivity index is 2.47. The number of ether oxygens (including phenoxy) is 1. The van der Waals surface area contributed by atoms with Crippen LogP contribution in [0.5, 0.6) is 0 Å². The van der Waals surface area contributed by atoms with E-state index in [0.717, 1.165) is 25.8 Å². The van der Waals surface area contributed by atoms with Crippen LogP contribution in [-0.2, 0) is 4.74 Å². The van der Waals surface area contributed by atoms with Gasteiger partial charge in [0.25, 0.3) is 0 Å². The molecule has 0 aromatic rings. The fourth-order valence-corrected chi connectivity index (χ4v) is 2.77. The average molecular weight is 281 g/mol. The molecule has 5 heteroatoms. The maximum atomic E-state index is 12.2. The van der Waals surface area contributed by atoms with E-state index in [1.54, 1.807) is 0 Å². The molecule has 114 valence electrons. The van der Waals surface area contributed by atoms with Crippen molar-refractivity contribution in [2.75, 3.05) is 13.2 Å². The molecule has 0 bridgehead atoms. The summed E-state index contributed by atoms with van der Waals surface area (Å²) in [6.07, 6.45) is -2.06. The standard InChI is InChI=1S/C14H26F3NO/c1-4-18-12-6-5-11(10(2)3)9-13(12)19-8-7-14(15,16)17/h10-13,18H,4-9H2,1-3H3. The summed E-state index contributed by atoms with van der Waals surface area (Å²) in [5.41, 5.74) is 0. The monoisotopic (exact) mass is 281 g/mol. The van der Waals surface area contributed by atoms with Crippen molar-refractivity contribution in [2.45, 2.75) is 64.8 Å². The number of likely N-dealkylation sites (N-methyl/N-ethyl adjacent to an activating group) is 1. The van der Waals surface area contributed by atoms with Crippen molar-refractivity contribution in [2.24, 2.45) is 11.8 Å². The minimum Gasteiger partial charge on any atom is -0.376 e. The topological polar surface area (TPSA) is 21.3 Å². The lowest BCUT2D eigenvalue weighted by Crippen LogP contribution is -2.46. The highest BCUT2D eigenvalue weighted by Crippen LogP contribution is 2.32. The smallest absolute Gasteiger partial charge is 0.376 e. The van der Waals surface area contributed by atoms with Crippen LogP contribution in [0.3, 0.4) is 0 Å². The van der Waals surface area contributed by atoms with Gasteiger partial charge in [0.1, 0.15) is 0 Å². The lowest BCUT2D eigenvalue weighted by molar-refractivity contribution is -0.152. The van der Waals surface area contributed by atoms with Gasteiger partial charge in [0, 0.05) is 6.04 Å². The van der Waals surface area contributed by atoms with Gasteiger partial charge in [-0.3, -0.25) is 0 Å². The summed E-state index contributed by atoms with van der Waals surface area (Å²) in [4.78, 5) is 0. The van der Waals surface area contributed by atoms with Crippen molar-refractivity contribution >= 4 is 0 Å². The second kappa shape index (κ2) is 7.48. The van der Waals surface area contributed by atoms with Crippen molar-refractivity contribution in [3.05, 3.63) is 0 Å². The molecule has 0 amide bonds. The molecule has 1 N–H and O–H groups in total. The van der Waals surface area contributed by atoms with E-state index < -0.39 is 12.6 Å². The lowest BCUT2D eigenvalue weighted by Gasteiger charge is -2.38. The molecule has 19 heavy (non-hydrogen) atoms. The third-order valence-corrected chi connectivity index (χ3v) is 3.96. The van der Waals surface area contributed by atoms with Crippen molar-refractivity contribution in [1.82, 2.24) is 5.32 Å². The minimum atomic E-state index is -4.13. The quantitative estimate of drug-likeness (QED) is 0.800. The molecule has 0 aliphatic heterocycles. The molecule has 0 spiro atoms. The van der Waals surface area contributed by atoms with E-state index in [4.69, 9.17) is 4.74 Å². The fourth-order valence-electron chi connectivity index (χ4n) is 2.77. The third-order valence-electron chi connectivity index (χ3n) is 3.96. The number of halogens is 3. The Morgan fingerprint density at radius 1 is 1.26 bits per heavy atom. The van der Waals surface area contributed by atoms with Crippen LogP contribution in [0.1, 0.15) is 46.5 Å². The van der Waals surface area contributed by atoms with Crippen molar-refractivity contribution in [3.8, 4) is 0 Å². The van der Waals surface area contributed by atoms with Crippen LogP contribution >= 0.6 is 0 Å². The van der Waals surface area contributed by atoms with Crippen LogP contribution in [0.4, 0.5) is 13.2 Å². The fraction of sp³-hybridized carbons (Fsp3) is 1.00. The second-order valence-electron chi connectivity index (χ2n) is 5.76. The number of hydrogen-bond donors (Lipinski definition) is 1. The second-order valence-corrected chi connectivity index (χ2v) is 5.76. The molecule has 1 saturated carbocycles. The zero-order chi connectivity index (χ0) is 14.5. The van der Waals surface area contributed by atoms with E-state index in [-0.39, 0.29) is 18.8 Å². The molecule has 0 aromatic carbocycles. The van der Waals surface area contributed by atoms with Crippen LogP contribution in [0.15, 0.2) is 0 Å². The maximum Gasteiger partial charge on any atom is 0.391 e. The first-order valence-electron chi connectivity index (χ1n) is 7.25. The van der Waals surface area contributed by atoms with Gasteiger partial charge in [-0.15, -0.1) is 0 Å². The van der Waals surface area contributed by atoms with E-state index in [1.807, 2.05) is 6.92 Å². The first-order valence-corrected chi connectivity index (χ1v) is 7.25. The molecule has 1 aliphatic rings. The maximum absolute atomic E-state index is 12.2. The summed E-state index contributed by atoms with van der Waals surface area (Å²) in [6.45, 7) is 6.97. The Hall–Kier alpha value is -0.290. The summed E-state index contributed by atoms with van der Waals surface area (Å²) in [5.74, 6) is 1.13. The number of rotatable bonds is 6. The predicted octanol–water partition coefficient (Wildman–Crippen LogP) is 3.76. The Kier molecular flexibility index (Phi) is 6.60. The minimum absolute atomic E-state index is 0.0801. The van der Waals surface area contributed by atoms with Crippen LogP contribution in [0.25, 0.3) is 0 Å².